The Balaban J connectivity index is 1.88. The van der Waals surface area contributed by atoms with E-state index >= 15 is 0 Å². The Morgan fingerprint density at radius 3 is 2.59 bits per heavy atom. The summed E-state index contributed by atoms with van der Waals surface area (Å²) in [5.74, 6) is -2.19. The summed E-state index contributed by atoms with van der Waals surface area (Å²) in [6.07, 6.45) is 0.762. The number of hydrogen-bond donors (Lipinski definition) is 1. The number of hydrogen-bond acceptors (Lipinski definition) is 3. The van der Waals surface area contributed by atoms with Crippen molar-refractivity contribution < 1.29 is 23.1 Å². The summed E-state index contributed by atoms with van der Waals surface area (Å²) >= 11 is 0. The van der Waals surface area contributed by atoms with Gasteiger partial charge in [-0.05, 0) is 31.9 Å². The lowest BCUT2D eigenvalue weighted by Crippen LogP contribution is -2.46. The maximum absolute atomic E-state index is 13.5. The zero-order valence-corrected chi connectivity index (χ0v) is 12.3. The minimum absolute atomic E-state index is 0.150. The van der Waals surface area contributed by atoms with Gasteiger partial charge >= 0.3 is 6.09 Å². The Labute approximate surface area is 127 Å². The molecule has 1 aliphatic rings. The monoisotopic (exact) mass is 312 g/mol. The van der Waals surface area contributed by atoms with Gasteiger partial charge in [0.25, 0.3) is 5.91 Å². The highest BCUT2D eigenvalue weighted by molar-refractivity contribution is 5.94. The summed E-state index contributed by atoms with van der Waals surface area (Å²) in [7, 11) is 0. The molecule has 1 fully saturated rings. The Morgan fingerprint density at radius 1 is 1.32 bits per heavy atom. The van der Waals surface area contributed by atoms with Crippen LogP contribution in [0.15, 0.2) is 18.2 Å². The minimum Gasteiger partial charge on any atom is -0.450 e. The van der Waals surface area contributed by atoms with E-state index in [1.54, 1.807) is 11.8 Å². The molecular weight excluding hydrogens is 294 g/mol. The van der Waals surface area contributed by atoms with Crippen LogP contribution < -0.4 is 5.32 Å². The highest BCUT2D eigenvalue weighted by Crippen LogP contribution is 2.14. The molecule has 1 aromatic carbocycles. The average molecular weight is 312 g/mol. The number of likely N-dealkylation sites (tertiary alicyclic amines) is 1. The van der Waals surface area contributed by atoms with Gasteiger partial charge in [-0.15, -0.1) is 0 Å². The molecule has 1 aromatic rings. The summed E-state index contributed by atoms with van der Waals surface area (Å²) in [5, 5.41) is 2.71. The quantitative estimate of drug-likeness (QED) is 0.932. The topological polar surface area (TPSA) is 58.6 Å². The third kappa shape index (κ3) is 3.93. The number of nitrogens with one attached hydrogen (secondary N) is 1. The van der Waals surface area contributed by atoms with E-state index < -0.39 is 17.5 Å². The molecule has 22 heavy (non-hydrogen) atoms. The molecule has 0 radical (unpaired) electrons. The molecule has 1 N–H and O–H groups in total. The molecule has 120 valence electrons. The molecule has 1 heterocycles. The van der Waals surface area contributed by atoms with Crippen molar-refractivity contribution in [3.63, 3.8) is 0 Å². The van der Waals surface area contributed by atoms with Crippen molar-refractivity contribution in [2.45, 2.75) is 25.8 Å². The van der Waals surface area contributed by atoms with Crippen molar-refractivity contribution in [3.8, 4) is 0 Å². The zero-order valence-electron chi connectivity index (χ0n) is 12.3. The largest absolute Gasteiger partial charge is 0.450 e. The second kappa shape index (κ2) is 7.20. The number of carbonyl (C=O) groups excluding carboxylic acids is 2. The van der Waals surface area contributed by atoms with E-state index in [1.165, 1.54) is 0 Å². The zero-order chi connectivity index (χ0) is 16.1. The van der Waals surface area contributed by atoms with Crippen molar-refractivity contribution in [2.75, 3.05) is 19.7 Å². The summed E-state index contributed by atoms with van der Waals surface area (Å²) in [4.78, 5) is 25.1. The number of nitrogens with zero attached hydrogens (tertiary/aromatic N) is 1. The van der Waals surface area contributed by atoms with E-state index in [4.69, 9.17) is 4.74 Å². The molecule has 0 atom stereocenters. The van der Waals surface area contributed by atoms with Crippen LogP contribution in [0.2, 0.25) is 0 Å². The number of ether oxygens (including phenoxy) is 1. The van der Waals surface area contributed by atoms with Crippen molar-refractivity contribution in [2.24, 2.45) is 0 Å². The van der Waals surface area contributed by atoms with Crippen LogP contribution in [0.3, 0.4) is 0 Å². The van der Waals surface area contributed by atoms with E-state index in [2.05, 4.69) is 5.32 Å². The number of benzene rings is 1. The Hall–Kier alpha value is -2.18. The molecule has 2 rings (SSSR count). The van der Waals surface area contributed by atoms with Gasteiger partial charge in [-0.25, -0.2) is 13.6 Å². The van der Waals surface area contributed by atoms with Crippen molar-refractivity contribution in [1.82, 2.24) is 10.2 Å². The standard InChI is InChI=1S/C15H18F2N2O3/c1-2-22-15(21)19-7-5-11(6-8-19)18-14(20)12-4-3-10(16)9-13(12)17/h3-4,9,11H,2,5-8H2,1H3,(H,18,20). The van der Waals surface area contributed by atoms with Gasteiger partial charge in [-0.1, -0.05) is 0 Å². The van der Waals surface area contributed by atoms with Crippen LogP contribution in [0, 0.1) is 11.6 Å². The predicted molar refractivity (Wildman–Crippen MR) is 75.4 cm³/mol. The first-order valence-electron chi connectivity index (χ1n) is 7.19. The summed E-state index contributed by atoms with van der Waals surface area (Å²) in [5.41, 5.74) is -0.186. The SMILES string of the molecule is CCOC(=O)N1CCC(NC(=O)c2ccc(F)cc2F)CC1. The molecule has 0 unspecified atom stereocenters. The molecule has 5 nitrogen and oxygen atoms in total. The number of halogens is 2. The van der Waals surface area contributed by atoms with E-state index in [1.807, 2.05) is 0 Å². The van der Waals surface area contributed by atoms with E-state index in [0.717, 1.165) is 12.1 Å². The van der Waals surface area contributed by atoms with Gasteiger partial charge in [0.2, 0.25) is 0 Å². The van der Waals surface area contributed by atoms with Gasteiger partial charge < -0.3 is 15.0 Å². The molecule has 0 spiro atoms. The second-order valence-electron chi connectivity index (χ2n) is 5.06. The van der Waals surface area contributed by atoms with Gasteiger partial charge in [-0.3, -0.25) is 4.79 Å². The van der Waals surface area contributed by atoms with Crippen molar-refractivity contribution in [1.29, 1.82) is 0 Å². The lowest BCUT2D eigenvalue weighted by Gasteiger charge is -2.31. The van der Waals surface area contributed by atoms with Crippen LogP contribution in [0.5, 0.6) is 0 Å². The van der Waals surface area contributed by atoms with Crippen LogP contribution in [-0.2, 0) is 4.74 Å². The third-order valence-electron chi connectivity index (χ3n) is 3.53. The summed E-state index contributed by atoms with van der Waals surface area (Å²) < 4.78 is 31.3. The van der Waals surface area contributed by atoms with E-state index in [9.17, 15) is 18.4 Å². The van der Waals surface area contributed by atoms with Gasteiger partial charge in [0, 0.05) is 25.2 Å². The number of rotatable bonds is 3. The minimum atomic E-state index is -0.888. The first-order chi connectivity index (χ1) is 10.5. The lowest BCUT2D eigenvalue weighted by atomic mass is 10.0. The average Bonchev–Trinajstić information content (AvgIpc) is 2.48. The predicted octanol–water partition coefficient (Wildman–Crippen LogP) is 2.32. The molecule has 0 aromatic heterocycles. The highest BCUT2D eigenvalue weighted by Gasteiger charge is 2.25. The first kappa shape index (κ1) is 16.2. The molecule has 7 heteroatoms. The first-order valence-corrected chi connectivity index (χ1v) is 7.19. The van der Waals surface area contributed by atoms with E-state index in [0.29, 0.717) is 38.6 Å². The summed E-state index contributed by atoms with van der Waals surface area (Å²) in [6, 6.07) is 2.69. The molecule has 0 bridgehead atoms. The Morgan fingerprint density at radius 2 is 2.00 bits per heavy atom. The number of piperidine rings is 1. The van der Waals surface area contributed by atoms with Crippen molar-refractivity contribution >= 4 is 12.0 Å². The highest BCUT2D eigenvalue weighted by atomic mass is 19.1. The van der Waals surface area contributed by atoms with Gasteiger partial charge in [-0.2, -0.15) is 0 Å². The fourth-order valence-corrected chi connectivity index (χ4v) is 2.36. The molecule has 2 amide bonds. The molecule has 0 aliphatic carbocycles. The maximum Gasteiger partial charge on any atom is 0.409 e. The third-order valence-corrected chi connectivity index (χ3v) is 3.53. The van der Waals surface area contributed by atoms with Crippen molar-refractivity contribution in [3.05, 3.63) is 35.4 Å². The fourth-order valence-electron chi connectivity index (χ4n) is 2.36. The van der Waals surface area contributed by atoms with Crippen LogP contribution in [0.25, 0.3) is 0 Å². The molecule has 0 saturated carbocycles. The lowest BCUT2D eigenvalue weighted by molar-refractivity contribution is 0.0857. The molecule has 1 saturated heterocycles. The van der Waals surface area contributed by atoms with Crippen LogP contribution in [0.1, 0.15) is 30.1 Å². The van der Waals surface area contributed by atoms with Crippen LogP contribution in [0.4, 0.5) is 13.6 Å². The second-order valence-corrected chi connectivity index (χ2v) is 5.06. The fraction of sp³-hybridized carbons (Fsp3) is 0.467. The Kier molecular flexibility index (Phi) is 5.30. The maximum atomic E-state index is 13.5. The van der Waals surface area contributed by atoms with Crippen LogP contribution >= 0.6 is 0 Å². The smallest absolute Gasteiger partial charge is 0.409 e. The molecule has 1 aliphatic heterocycles. The van der Waals surface area contributed by atoms with Gasteiger partial charge in [0.05, 0.1) is 12.2 Å². The summed E-state index contributed by atoms with van der Waals surface area (Å²) in [6.45, 7) is 2.99. The van der Waals surface area contributed by atoms with Crippen LogP contribution in [-0.4, -0.2) is 42.6 Å². The Bertz CT molecular complexity index is 558. The van der Waals surface area contributed by atoms with Gasteiger partial charge in [0.1, 0.15) is 11.6 Å². The molecular formula is C15H18F2N2O3. The number of amides is 2. The number of carbonyl (C=O) groups is 2. The normalized spacial score (nSPS) is 15.5. The van der Waals surface area contributed by atoms with E-state index in [-0.39, 0.29) is 17.7 Å². The van der Waals surface area contributed by atoms with Gasteiger partial charge in [0.15, 0.2) is 0 Å².